The summed E-state index contributed by atoms with van der Waals surface area (Å²) in [6, 6.07) is 12.6. The molecule has 1 saturated carbocycles. The van der Waals surface area contributed by atoms with Crippen molar-refractivity contribution in [3.63, 3.8) is 0 Å². The van der Waals surface area contributed by atoms with E-state index < -0.39 is 0 Å². The molecule has 1 aliphatic carbocycles. The second kappa shape index (κ2) is 6.17. The van der Waals surface area contributed by atoms with Gasteiger partial charge in [-0.2, -0.15) is 0 Å². The Kier molecular flexibility index (Phi) is 4.09. The fourth-order valence-electron chi connectivity index (χ4n) is 2.45. The van der Waals surface area contributed by atoms with Gasteiger partial charge in [0, 0.05) is 13.0 Å². The second-order valence-electron chi connectivity index (χ2n) is 5.57. The molecule has 3 nitrogen and oxygen atoms in total. The van der Waals surface area contributed by atoms with E-state index in [1.54, 1.807) is 0 Å². The summed E-state index contributed by atoms with van der Waals surface area (Å²) in [7, 11) is 0. The molecule has 2 aromatic carbocycles. The number of rotatable bonds is 6. The number of carbonyl (C=O) groups is 1. The van der Waals surface area contributed by atoms with Crippen molar-refractivity contribution in [2.45, 2.75) is 38.7 Å². The van der Waals surface area contributed by atoms with Gasteiger partial charge in [-0.25, -0.2) is 0 Å². The molecule has 0 aromatic heterocycles. The largest absolute Gasteiger partial charge is 0.490 e. The monoisotopic (exact) mass is 283 g/mol. The normalized spacial score (nSPS) is 14.1. The van der Waals surface area contributed by atoms with Crippen LogP contribution in [0.3, 0.4) is 0 Å². The van der Waals surface area contributed by atoms with Gasteiger partial charge in [-0.3, -0.25) is 4.79 Å². The van der Waals surface area contributed by atoms with Gasteiger partial charge in [-0.15, -0.1) is 0 Å². The van der Waals surface area contributed by atoms with Crippen molar-refractivity contribution in [2.75, 3.05) is 6.54 Å². The SMILES string of the molecule is CCC(=O)NCCc1cccc2ccc(OC3CC3)cc12. The van der Waals surface area contributed by atoms with Crippen LogP contribution in [-0.2, 0) is 11.2 Å². The van der Waals surface area contributed by atoms with Crippen LogP contribution in [0.15, 0.2) is 36.4 Å². The smallest absolute Gasteiger partial charge is 0.219 e. The summed E-state index contributed by atoms with van der Waals surface area (Å²) in [5.74, 6) is 1.06. The fraction of sp³-hybridized carbons (Fsp3) is 0.389. The molecule has 0 bridgehead atoms. The molecule has 110 valence electrons. The minimum Gasteiger partial charge on any atom is -0.490 e. The summed E-state index contributed by atoms with van der Waals surface area (Å²) in [5.41, 5.74) is 1.25. The van der Waals surface area contributed by atoms with E-state index in [9.17, 15) is 4.79 Å². The first kappa shape index (κ1) is 13.9. The van der Waals surface area contributed by atoms with Crippen LogP contribution in [0, 0.1) is 0 Å². The Morgan fingerprint density at radius 1 is 1.29 bits per heavy atom. The van der Waals surface area contributed by atoms with Gasteiger partial charge in [-0.1, -0.05) is 31.2 Å². The average molecular weight is 283 g/mol. The van der Waals surface area contributed by atoms with Crippen LogP contribution in [0.2, 0.25) is 0 Å². The summed E-state index contributed by atoms with van der Waals surface area (Å²) in [5, 5.41) is 5.38. The third kappa shape index (κ3) is 3.54. The highest BCUT2D eigenvalue weighted by molar-refractivity contribution is 5.87. The number of carbonyl (C=O) groups excluding carboxylic acids is 1. The van der Waals surface area contributed by atoms with E-state index in [4.69, 9.17) is 4.74 Å². The summed E-state index contributed by atoms with van der Waals surface area (Å²) in [6.07, 6.45) is 4.13. The molecule has 0 aliphatic heterocycles. The topological polar surface area (TPSA) is 38.3 Å². The summed E-state index contributed by atoms with van der Waals surface area (Å²) in [4.78, 5) is 11.3. The molecule has 21 heavy (non-hydrogen) atoms. The number of ether oxygens (including phenoxy) is 1. The third-order valence-electron chi connectivity index (χ3n) is 3.81. The van der Waals surface area contributed by atoms with Crippen molar-refractivity contribution in [2.24, 2.45) is 0 Å². The molecule has 1 amide bonds. The first-order chi connectivity index (χ1) is 10.3. The zero-order valence-corrected chi connectivity index (χ0v) is 12.4. The lowest BCUT2D eigenvalue weighted by molar-refractivity contribution is -0.120. The van der Waals surface area contributed by atoms with E-state index in [2.05, 4.69) is 35.6 Å². The maximum Gasteiger partial charge on any atom is 0.219 e. The standard InChI is InChI=1S/C18H21NO2/c1-2-18(20)19-11-10-14-5-3-4-13-6-7-16(12-17(13)14)21-15-8-9-15/h3-7,12,15H,2,8-11H2,1H3,(H,19,20). The van der Waals surface area contributed by atoms with E-state index in [1.807, 2.05) is 13.0 Å². The Morgan fingerprint density at radius 3 is 2.90 bits per heavy atom. The summed E-state index contributed by atoms with van der Waals surface area (Å²) >= 11 is 0. The number of hydrogen-bond acceptors (Lipinski definition) is 2. The van der Waals surface area contributed by atoms with Crippen LogP contribution in [0.1, 0.15) is 31.7 Å². The maximum absolute atomic E-state index is 11.3. The van der Waals surface area contributed by atoms with Crippen LogP contribution in [-0.4, -0.2) is 18.6 Å². The minimum absolute atomic E-state index is 0.105. The molecule has 0 saturated heterocycles. The van der Waals surface area contributed by atoms with E-state index in [0.717, 1.165) is 12.2 Å². The summed E-state index contributed by atoms with van der Waals surface area (Å²) < 4.78 is 5.88. The first-order valence-electron chi connectivity index (χ1n) is 7.71. The predicted molar refractivity (Wildman–Crippen MR) is 84.6 cm³/mol. The molecule has 0 heterocycles. The van der Waals surface area contributed by atoms with Gasteiger partial charge in [0.2, 0.25) is 5.91 Å². The zero-order chi connectivity index (χ0) is 14.7. The van der Waals surface area contributed by atoms with Gasteiger partial charge in [0.25, 0.3) is 0 Å². The van der Waals surface area contributed by atoms with E-state index in [-0.39, 0.29) is 5.91 Å². The maximum atomic E-state index is 11.3. The second-order valence-corrected chi connectivity index (χ2v) is 5.57. The van der Waals surface area contributed by atoms with Gasteiger partial charge >= 0.3 is 0 Å². The number of benzene rings is 2. The van der Waals surface area contributed by atoms with E-state index in [0.29, 0.717) is 19.1 Å². The Hall–Kier alpha value is -2.03. The number of nitrogens with one attached hydrogen (secondary N) is 1. The van der Waals surface area contributed by atoms with E-state index in [1.165, 1.54) is 29.2 Å². The molecule has 0 radical (unpaired) electrons. The number of hydrogen-bond donors (Lipinski definition) is 1. The van der Waals surface area contributed by atoms with Gasteiger partial charge in [0.1, 0.15) is 5.75 Å². The van der Waals surface area contributed by atoms with E-state index >= 15 is 0 Å². The van der Waals surface area contributed by atoms with Crippen molar-refractivity contribution in [3.05, 3.63) is 42.0 Å². The van der Waals surface area contributed by atoms with Crippen molar-refractivity contribution in [1.82, 2.24) is 5.32 Å². The molecule has 1 fully saturated rings. The summed E-state index contributed by atoms with van der Waals surface area (Å²) in [6.45, 7) is 2.55. The molecule has 0 unspecified atom stereocenters. The van der Waals surface area contributed by atoms with Crippen molar-refractivity contribution in [1.29, 1.82) is 0 Å². The zero-order valence-electron chi connectivity index (χ0n) is 12.4. The Bertz CT molecular complexity index is 647. The van der Waals surface area contributed by atoms with Gasteiger partial charge < -0.3 is 10.1 Å². The number of amides is 1. The Morgan fingerprint density at radius 2 is 2.14 bits per heavy atom. The van der Waals surface area contributed by atoms with Crippen molar-refractivity contribution in [3.8, 4) is 5.75 Å². The fourth-order valence-corrected chi connectivity index (χ4v) is 2.45. The first-order valence-corrected chi connectivity index (χ1v) is 7.71. The van der Waals surface area contributed by atoms with Crippen LogP contribution in [0.5, 0.6) is 5.75 Å². The molecule has 2 aromatic rings. The lowest BCUT2D eigenvalue weighted by Crippen LogP contribution is -2.24. The van der Waals surface area contributed by atoms with Crippen molar-refractivity contribution < 1.29 is 9.53 Å². The third-order valence-corrected chi connectivity index (χ3v) is 3.81. The molecular formula is C18H21NO2. The lowest BCUT2D eigenvalue weighted by atomic mass is 10.0. The van der Waals surface area contributed by atoms with Crippen LogP contribution >= 0.6 is 0 Å². The van der Waals surface area contributed by atoms with Crippen molar-refractivity contribution >= 4 is 16.7 Å². The predicted octanol–water partition coefficient (Wildman–Crippen LogP) is 3.45. The highest BCUT2D eigenvalue weighted by Gasteiger charge is 2.23. The molecule has 1 aliphatic rings. The van der Waals surface area contributed by atoms with Gasteiger partial charge in [-0.05, 0) is 47.7 Å². The lowest BCUT2D eigenvalue weighted by Gasteiger charge is -2.10. The molecule has 1 N–H and O–H groups in total. The molecular weight excluding hydrogens is 262 g/mol. The van der Waals surface area contributed by atoms with Gasteiger partial charge in [0.15, 0.2) is 0 Å². The molecule has 0 atom stereocenters. The molecule has 0 spiro atoms. The Balaban J connectivity index is 1.77. The molecule has 3 rings (SSSR count). The highest BCUT2D eigenvalue weighted by atomic mass is 16.5. The highest BCUT2D eigenvalue weighted by Crippen LogP contribution is 2.30. The minimum atomic E-state index is 0.105. The van der Waals surface area contributed by atoms with Crippen LogP contribution in [0.25, 0.3) is 10.8 Å². The molecule has 3 heteroatoms. The quantitative estimate of drug-likeness (QED) is 0.881. The van der Waals surface area contributed by atoms with Crippen LogP contribution in [0.4, 0.5) is 0 Å². The van der Waals surface area contributed by atoms with Gasteiger partial charge in [0.05, 0.1) is 6.10 Å². The number of fused-ring (bicyclic) bond motifs is 1. The Labute approximate surface area is 125 Å². The average Bonchev–Trinajstić information content (AvgIpc) is 3.31. The van der Waals surface area contributed by atoms with Crippen LogP contribution < -0.4 is 10.1 Å².